The van der Waals surface area contributed by atoms with Crippen LogP contribution >= 0.6 is 11.3 Å². The van der Waals surface area contributed by atoms with Gasteiger partial charge < -0.3 is 9.47 Å². The SMILES string of the molecule is CC(C)N(C)Cc1cn2c(n1)CN(C(=O)Cc1cccs1)CC2. The minimum Gasteiger partial charge on any atom is -0.333 e. The first-order valence-electron chi connectivity index (χ1n) is 8.08. The molecule has 3 rings (SSSR count). The van der Waals surface area contributed by atoms with E-state index in [0.29, 0.717) is 19.0 Å². The van der Waals surface area contributed by atoms with E-state index in [1.807, 2.05) is 22.4 Å². The first-order chi connectivity index (χ1) is 11.0. The van der Waals surface area contributed by atoms with Crippen LogP contribution in [0.4, 0.5) is 0 Å². The number of rotatable bonds is 5. The average molecular weight is 332 g/mol. The average Bonchev–Trinajstić information content (AvgIpc) is 3.14. The molecule has 1 aliphatic rings. The predicted octanol–water partition coefficient (Wildman–Crippen LogP) is 2.37. The predicted molar refractivity (Wildman–Crippen MR) is 92.3 cm³/mol. The maximum atomic E-state index is 12.4. The van der Waals surface area contributed by atoms with Gasteiger partial charge in [0.2, 0.25) is 5.91 Å². The second kappa shape index (κ2) is 6.84. The van der Waals surface area contributed by atoms with Gasteiger partial charge in [-0.15, -0.1) is 11.3 Å². The number of thiophene rings is 1. The van der Waals surface area contributed by atoms with Gasteiger partial charge in [-0.1, -0.05) is 6.07 Å². The number of fused-ring (bicyclic) bond motifs is 1. The number of aromatic nitrogens is 2. The molecule has 0 aromatic carbocycles. The molecule has 1 aliphatic heterocycles. The molecule has 23 heavy (non-hydrogen) atoms. The summed E-state index contributed by atoms with van der Waals surface area (Å²) in [5.41, 5.74) is 1.09. The molecule has 0 unspecified atom stereocenters. The normalized spacial score (nSPS) is 14.6. The Kier molecular flexibility index (Phi) is 4.82. The van der Waals surface area contributed by atoms with Crippen LogP contribution in [0.5, 0.6) is 0 Å². The summed E-state index contributed by atoms with van der Waals surface area (Å²) >= 11 is 1.64. The smallest absolute Gasteiger partial charge is 0.228 e. The molecule has 0 spiro atoms. The van der Waals surface area contributed by atoms with Crippen LogP contribution < -0.4 is 0 Å². The molecule has 5 nitrogen and oxygen atoms in total. The lowest BCUT2D eigenvalue weighted by Crippen LogP contribution is -2.39. The molecular formula is C17H24N4OS. The van der Waals surface area contributed by atoms with Gasteiger partial charge in [-0.3, -0.25) is 9.69 Å². The Morgan fingerprint density at radius 3 is 2.96 bits per heavy atom. The molecule has 0 aliphatic carbocycles. The number of hydrogen-bond donors (Lipinski definition) is 0. The van der Waals surface area contributed by atoms with Gasteiger partial charge >= 0.3 is 0 Å². The van der Waals surface area contributed by atoms with E-state index in [0.717, 1.165) is 36.0 Å². The third kappa shape index (κ3) is 3.82. The Bertz CT molecular complexity index is 662. The van der Waals surface area contributed by atoms with Crippen LogP contribution in [0.15, 0.2) is 23.7 Å². The molecule has 124 valence electrons. The van der Waals surface area contributed by atoms with Gasteiger partial charge in [-0.05, 0) is 32.3 Å². The molecule has 1 amide bonds. The van der Waals surface area contributed by atoms with Crippen LogP contribution in [0.2, 0.25) is 0 Å². The third-order valence-corrected chi connectivity index (χ3v) is 5.28. The maximum Gasteiger partial charge on any atom is 0.228 e. The van der Waals surface area contributed by atoms with E-state index >= 15 is 0 Å². The minimum absolute atomic E-state index is 0.197. The molecule has 0 atom stereocenters. The standard InChI is InChI=1S/C17H24N4OS/c1-13(2)19(3)10-14-11-20-6-7-21(12-16(20)18-14)17(22)9-15-5-4-8-23-15/h4-5,8,11,13H,6-7,9-10,12H2,1-3H3. The summed E-state index contributed by atoms with van der Waals surface area (Å²) in [5.74, 6) is 1.20. The van der Waals surface area contributed by atoms with E-state index in [2.05, 4.69) is 36.6 Å². The van der Waals surface area contributed by atoms with E-state index in [1.165, 1.54) is 0 Å². The number of hydrogen-bond acceptors (Lipinski definition) is 4. The van der Waals surface area contributed by atoms with Crippen molar-refractivity contribution in [3.8, 4) is 0 Å². The molecule has 0 saturated carbocycles. The number of carbonyl (C=O) groups is 1. The summed E-state index contributed by atoms with van der Waals surface area (Å²) in [6.07, 6.45) is 2.64. The Hall–Kier alpha value is -1.66. The van der Waals surface area contributed by atoms with E-state index < -0.39 is 0 Å². The van der Waals surface area contributed by atoms with E-state index in [9.17, 15) is 4.79 Å². The fourth-order valence-electron chi connectivity index (χ4n) is 2.71. The number of nitrogens with zero attached hydrogens (tertiary/aromatic N) is 4. The first-order valence-corrected chi connectivity index (χ1v) is 8.96. The topological polar surface area (TPSA) is 41.4 Å². The van der Waals surface area contributed by atoms with Crippen molar-refractivity contribution in [1.29, 1.82) is 0 Å². The minimum atomic E-state index is 0.197. The number of amides is 1. The van der Waals surface area contributed by atoms with Crippen molar-refractivity contribution in [2.45, 2.75) is 45.9 Å². The van der Waals surface area contributed by atoms with E-state index in [4.69, 9.17) is 4.98 Å². The molecule has 6 heteroatoms. The Morgan fingerprint density at radius 2 is 2.26 bits per heavy atom. The summed E-state index contributed by atoms with van der Waals surface area (Å²) in [6, 6.07) is 4.51. The van der Waals surface area contributed by atoms with Gasteiger partial charge in [0, 0.05) is 36.8 Å². The van der Waals surface area contributed by atoms with Crippen LogP contribution in [0.3, 0.4) is 0 Å². The van der Waals surface area contributed by atoms with Crippen molar-refractivity contribution in [2.75, 3.05) is 13.6 Å². The molecule has 0 saturated heterocycles. The number of imidazole rings is 1. The summed E-state index contributed by atoms with van der Waals surface area (Å²) in [6.45, 7) is 7.44. The van der Waals surface area contributed by atoms with Gasteiger partial charge in [0.1, 0.15) is 5.82 Å². The molecule has 0 bridgehead atoms. The van der Waals surface area contributed by atoms with E-state index in [1.54, 1.807) is 11.3 Å². The Balaban J connectivity index is 1.64. The molecule has 2 aromatic rings. The number of carbonyl (C=O) groups excluding carboxylic acids is 1. The Labute approximate surface area is 141 Å². The van der Waals surface area contributed by atoms with Crippen molar-refractivity contribution < 1.29 is 4.79 Å². The van der Waals surface area contributed by atoms with Gasteiger partial charge in [0.15, 0.2) is 0 Å². The highest BCUT2D eigenvalue weighted by Gasteiger charge is 2.23. The first kappa shape index (κ1) is 16.2. The summed E-state index contributed by atoms with van der Waals surface area (Å²) in [5, 5.41) is 2.02. The highest BCUT2D eigenvalue weighted by Crippen LogP contribution is 2.17. The van der Waals surface area contributed by atoms with Crippen LogP contribution in [-0.4, -0.2) is 44.9 Å². The molecule has 0 radical (unpaired) electrons. The molecule has 2 aromatic heterocycles. The molecule has 0 fully saturated rings. The van der Waals surface area contributed by atoms with Crippen molar-refractivity contribution in [1.82, 2.24) is 19.4 Å². The maximum absolute atomic E-state index is 12.4. The quantitative estimate of drug-likeness (QED) is 0.844. The van der Waals surface area contributed by atoms with Gasteiger partial charge in [-0.25, -0.2) is 4.98 Å². The summed E-state index contributed by atoms with van der Waals surface area (Å²) < 4.78 is 2.19. The van der Waals surface area contributed by atoms with Gasteiger partial charge in [0.25, 0.3) is 0 Å². The molecular weight excluding hydrogens is 308 g/mol. The van der Waals surface area contributed by atoms with Gasteiger partial charge in [0.05, 0.1) is 18.7 Å². The van der Waals surface area contributed by atoms with Crippen LogP contribution in [0.25, 0.3) is 0 Å². The largest absolute Gasteiger partial charge is 0.333 e. The molecule has 3 heterocycles. The van der Waals surface area contributed by atoms with Crippen molar-refractivity contribution in [3.05, 3.63) is 40.1 Å². The van der Waals surface area contributed by atoms with Crippen molar-refractivity contribution in [3.63, 3.8) is 0 Å². The lowest BCUT2D eigenvalue weighted by Gasteiger charge is -2.27. The lowest BCUT2D eigenvalue weighted by atomic mass is 10.2. The summed E-state index contributed by atoms with van der Waals surface area (Å²) in [7, 11) is 2.11. The van der Waals surface area contributed by atoms with Crippen LogP contribution in [0, 0.1) is 0 Å². The zero-order valence-electron chi connectivity index (χ0n) is 14.0. The highest BCUT2D eigenvalue weighted by atomic mass is 32.1. The molecule has 0 N–H and O–H groups in total. The highest BCUT2D eigenvalue weighted by molar-refractivity contribution is 7.10. The van der Waals surface area contributed by atoms with Crippen LogP contribution in [0.1, 0.15) is 30.2 Å². The second-order valence-corrected chi connectivity index (χ2v) is 7.45. The fourth-order valence-corrected chi connectivity index (χ4v) is 3.41. The second-order valence-electron chi connectivity index (χ2n) is 6.42. The van der Waals surface area contributed by atoms with Crippen LogP contribution in [-0.2, 0) is 30.8 Å². The van der Waals surface area contributed by atoms with Crippen molar-refractivity contribution in [2.24, 2.45) is 0 Å². The Morgan fingerprint density at radius 1 is 1.43 bits per heavy atom. The van der Waals surface area contributed by atoms with Crippen molar-refractivity contribution >= 4 is 17.2 Å². The zero-order chi connectivity index (χ0) is 16.4. The monoisotopic (exact) mass is 332 g/mol. The zero-order valence-corrected chi connectivity index (χ0v) is 14.8. The lowest BCUT2D eigenvalue weighted by molar-refractivity contribution is -0.131. The summed E-state index contributed by atoms with van der Waals surface area (Å²) in [4.78, 5) is 22.5. The van der Waals surface area contributed by atoms with Gasteiger partial charge in [-0.2, -0.15) is 0 Å². The van der Waals surface area contributed by atoms with E-state index in [-0.39, 0.29) is 5.91 Å². The third-order valence-electron chi connectivity index (χ3n) is 4.40. The fraction of sp³-hybridized carbons (Fsp3) is 0.529.